The molecule has 1 aliphatic rings. The number of Topliss-reactive ketones (excluding diaryl/α,β-unsaturated/α-hetero) is 2. The highest BCUT2D eigenvalue weighted by Crippen LogP contribution is 2.22. The van der Waals surface area contributed by atoms with Gasteiger partial charge in [-0.25, -0.2) is 4.79 Å². The molecule has 0 amide bonds. The van der Waals surface area contributed by atoms with Crippen LogP contribution in [0.1, 0.15) is 58.2 Å². The molecule has 5 heteroatoms. The van der Waals surface area contributed by atoms with Crippen molar-refractivity contribution in [1.82, 2.24) is 4.57 Å². The molecule has 0 radical (unpaired) electrons. The van der Waals surface area contributed by atoms with Gasteiger partial charge in [-0.2, -0.15) is 0 Å². The molecule has 1 aromatic heterocycles. The molecule has 1 aromatic carbocycles. The fraction of sp³-hybridized carbons (Fsp3) is 0.381. The Bertz CT molecular complexity index is 817. The molecule has 1 heterocycles. The number of aromatic nitrogens is 1. The largest absolute Gasteiger partial charge is 0.462 e. The number of hydrogen-bond acceptors (Lipinski definition) is 4. The fourth-order valence-electron chi connectivity index (χ4n) is 3.33. The first kappa shape index (κ1) is 18.1. The van der Waals surface area contributed by atoms with Crippen molar-refractivity contribution in [3.8, 4) is 0 Å². The Morgan fingerprint density at radius 2 is 1.88 bits per heavy atom. The lowest BCUT2D eigenvalue weighted by atomic mass is 9.97. The summed E-state index contributed by atoms with van der Waals surface area (Å²) in [5.41, 5.74) is 3.26. The maximum atomic E-state index is 12.3. The topological polar surface area (TPSA) is 65.4 Å². The lowest BCUT2D eigenvalue weighted by Gasteiger charge is -2.14. The summed E-state index contributed by atoms with van der Waals surface area (Å²) in [6.07, 6.45) is 5.08. The first-order valence-electron chi connectivity index (χ1n) is 9.07. The second-order valence-electron chi connectivity index (χ2n) is 6.53. The lowest BCUT2D eigenvalue weighted by molar-refractivity contribution is -0.118. The number of benzene rings is 1. The normalized spacial score (nSPS) is 13.3. The van der Waals surface area contributed by atoms with E-state index in [1.165, 1.54) is 0 Å². The van der Waals surface area contributed by atoms with Crippen LogP contribution in [0.2, 0.25) is 0 Å². The van der Waals surface area contributed by atoms with Gasteiger partial charge in [-0.15, -0.1) is 0 Å². The second kappa shape index (κ2) is 8.13. The summed E-state index contributed by atoms with van der Waals surface area (Å²) in [7, 11) is 0. The van der Waals surface area contributed by atoms with Crippen LogP contribution < -0.4 is 0 Å². The minimum atomic E-state index is -0.350. The van der Waals surface area contributed by atoms with Crippen LogP contribution in [-0.4, -0.2) is 28.7 Å². The molecule has 5 nitrogen and oxygen atoms in total. The van der Waals surface area contributed by atoms with Gasteiger partial charge >= 0.3 is 5.97 Å². The fourth-order valence-corrected chi connectivity index (χ4v) is 3.33. The predicted octanol–water partition coefficient (Wildman–Crippen LogP) is 3.39. The van der Waals surface area contributed by atoms with Gasteiger partial charge in [0.2, 0.25) is 0 Å². The summed E-state index contributed by atoms with van der Waals surface area (Å²) in [6, 6.07) is 8.83. The summed E-state index contributed by atoms with van der Waals surface area (Å²) in [6.45, 7) is 2.71. The first-order valence-corrected chi connectivity index (χ1v) is 9.07. The third-order valence-corrected chi connectivity index (χ3v) is 4.69. The molecule has 1 aliphatic carbocycles. The minimum absolute atomic E-state index is 0.137. The van der Waals surface area contributed by atoms with Crippen LogP contribution in [0, 0.1) is 0 Å². The zero-order valence-corrected chi connectivity index (χ0v) is 15.0. The number of carbonyl (C=O) groups excluding carboxylic acids is 3. The maximum absolute atomic E-state index is 12.3. The molecule has 2 aromatic rings. The molecule has 0 N–H and O–H groups in total. The van der Waals surface area contributed by atoms with Crippen molar-refractivity contribution in [2.45, 2.75) is 45.6 Å². The molecule has 0 aliphatic heterocycles. The lowest BCUT2D eigenvalue weighted by Crippen LogP contribution is -2.15. The van der Waals surface area contributed by atoms with E-state index >= 15 is 0 Å². The third-order valence-electron chi connectivity index (χ3n) is 4.69. The molecule has 0 fully saturated rings. The van der Waals surface area contributed by atoms with E-state index in [9.17, 15) is 14.4 Å². The molecule has 0 spiro atoms. The Hall–Kier alpha value is -2.69. The van der Waals surface area contributed by atoms with Crippen molar-refractivity contribution in [3.05, 3.63) is 58.9 Å². The number of carbonyl (C=O) groups is 3. The number of hydrogen-bond donors (Lipinski definition) is 0. The first-order chi connectivity index (χ1) is 12.6. The van der Waals surface area contributed by atoms with E-state index in [1.54, 1.807) is 31.2 Å². The van der Waals surface area contributed by atoms with Gasteiger partial charge in [-0.05, 0) is 43.5 Å². The summed E-state index contributed by atoms with van der Waals surface area (Å²) in [5.74, 6) is -0.00575. The minimum Gasteiger partial charge on any atom is -0.462 e. The van der Waals surface area contributed by atoms with Crippen LogP contribution in [0.25, 0.3) is 0 Å². The van der Waals surface area contributed by atoms with Crippen molar-refractivity contribution in [3.63, 3.8) is 0 Å². The highest BCUT2D eigenvalue weighted by atomic mass is 16.5. The van der Waals surface area contributed by atoms with Gasteiger partial charge in [0.25, 0.3) is 0 Å². The van der Waals surface area contributed by atoms with E-state index in [0.717, 1.165) is 29.7 Å². The van der Waals surface area contributed by atoms with Gasteiger partial charge in [0.15, 0.2) is 5.78 Å². The Labute approximate surface area is 153 Å². The number of rotatable bonds is 7. The average Bonchev–Trinajstić information content (AvgIpc) is 3.05. The summed E-state index contributed by atoms with van der Waals surface area (Å²) < 4.78 is 6.99. The molecule has 0 saturated carbocycles. The van der Waals surface area contributed by atoms with E-state index in [-0.39, 0.29) is 17.5 Å². The van der Waals surface area contributed by atoms with E-state index in [2.05, 4.69) is 0 Å². The Morgan fingerprint density at radius 1 is 1.12 bits per heavy atom. The highest BCUT2D eigenvalue weighted by Gasteiger charge is 2.20. The summed E-state index contributed by atoms with van der Waals surface area (Å²) in [5, 5.41) is 0. The molecule has 0 bridgehead atoms. The zero-order valence-electron chi connectivity index (χ0n) is 15.0. The van der Waals surface area contributed by atoms with E-state index in [1.807, 2.05) is 16.8 Å². The molecule has 136 valence electrons. The number of ether oxygens (including phenoxy) is 1. The van der Waals surface area contributed by atoms with Crippen LogP contribution in [-0.2, 0) is 28.9 Å². The number of esters is 1. The summed E-state index contributed by atoms with van der Waals surface area (Å²) in [4.78, 5) is 35.8. The second-order valence-corrected chi connectivity index (χ2v) is 6.53. The molecule has 26 heavy (non-hydrogen) atoms. The van der Waals surface area contributed by atoms with Crippen molar-refractivity contribution in [2.24, 2.45) is 0 Å². The number of ketones is 2. The number of nitrogens with zero attached hydrogens (tertiary/aromatic N) is 1. The molecule has 3 rings (SSSR count). The molecule has 0 saturated heterocycles. The SMILES string of the molecule is CCOC(=O)c1ccc(CC(=O)CCn2ccc3c2CCCC3=O)cc1. The van der Waals surface area contributed by atoms with Crippen molar-refractivity contribution < 1.29 is 19.1 Å². The van der Waals surface area contributed by atoms with Gasteiger partial charge in [-0.1, -0.05) is 12.1 Å². The van der Waals surface area contributed by atoms with Crippen molar-refractivity contribution in [2.75, 3.05) is 6.61 Å². The summed E-state index contributed by atoms with van der Waals surface area (Å²) >= 11 is 0. The zero-order chi connectivity index (χ0) is 18.5. The number of fused-ring (bicyclic) bond motifs is 1. The molecular weight excluding hydrogens is 330 g/mol. The van der Waals surface area contributed by atoms with E-state index < -0.39 is 0 Å². The van der Waals surface area contributed by atoms with Crippen molar-refractivity contribution >= 4 is 17.5 Å². The van der Waals surface area contributed by atoms with E-state index in [4.69, 9.17) is 4.74 Å². The van der Waals surface area contributed by atoms with Crippen LogP contribution in [0.15, 0.2) is 36.5 Å². The smallest absolute Gasteiger partial charge is 0.338 e. The van der Waals surface area contributed by atoms with Gasteiger partial charge in [0.05, 0.1) is 12.2 Å². The average molecular weight is 353 g/mol. The highest BCUT2D eigenvalue weighted by molar-refractivity contribution is 5.98. The van der Waals surface area contributed by atoms with Gasteiger partial charge in [-0.3, -0.25) is 9.59 Å². The third kappa shape index (κ3) is 4.10. The Balaban J connectivity index is 1.55. The van der Waals surface area contributed by atoms with Crippen LogP contribution >= 0.6 is 0 Å². The van der Waals surface area contributed by atoms with Crippen LogP contribution in [0.5, 0.6) is 0 Å². The molecular formula is C21H23NO4. The monoisotopic (exact) mass is 353 g/mol. The van der Waals surface area contributed by atoms with E-state index in [0.29, 0.717) is 38.0 Å². The molecule has 0 unspecified atom stereocenters. The van der Waals surface area contributed by atoms with Gasteiger partial charge < -0.3 is 9.30 Å². The van der Waals surface area contributed by atoms with Gasteiger partial charge in [0.1, 0.15) is 5.78 Å². The van der Waals surface area contributed by atoms with Crippen LogP contribution in [0.4, 0.5) is 0 Å². The maximum Gasteiger partial charge on any atom is 0.338 e. The van der Waals surface area contributed by atoms with Gasteiger partial charge in [0, 0.05) is 43.3 Å². The predicted molar refractivity (Wildman–Crippen MR) is 97.4 cm³/mol. The van der Waals surface area contributed by atoms with Crippen LogP contribution in [0.3, 0.4) is 0 Å². The van der Waals surface area contributed by atoms with Crippen molar-refractivity contribution in [1.29, 1.82) is 0 Å². The number of aryl methyl sites for hydroxylation is 1. The Kier molecular flexibility index (Phi) is 5.66. The molecule has 0 atom stereocenters. The standard InChI is InChI=1S/C21H23NO4/c1-2-26-21(25)16-8-6-15(7-9-16)14-17(23)10-12-22-13-11-18-19(22)4-3-5-20(18)24/h6-9,11,13H,2-5,10,12,14H2,1H3. The Morgan fingerprint density at radius 3 is 2.62 bits per heavy atom. The quantitative estimate of drug-likeness (QED) is 0.716.